The molecule has 3 heteroatoms. The largest absolute Gasteiger partial charge is 0.487 e. The number of hydrogen-bond donors (Lipinski definition) is 1. The summed E-state index contributed by atoms with van der Waals surface area (Å²) in [5.74, 6) is 0.861. The van der Waals surface area contributed by atoms with E-state index in [0.29, 0.717) is 5.56 Å². The van der Waals surface area contributed by atoms with Crippen molar-refractivity contribution < 1.29 is 9.53 Å². The van der Waals surface area contributed by atoms with Gasteiger partial charge >= 0.3 is 0 Å². The zero-order chi connectivity index (χ0) is 17.2. The van der Waals surface area contributed by atoms with Crippen LogP contribution in [0, 0.1) is 6.92 Å². The van der Waals surface area contributed by atoms with E-state index in [2.05, 4.69) is 19.2 Å². The molecule has 1 aliphatic heterocycles. The number of carbonyl (C=O) groups excluding carboxylic acids is 1. The molecule has 0 spiro atoms. The molecule has 2 aromatic rings. The van der Waals surface area contributed by atoms with Crippen molar-refractivity contribution in [2.45, 2.75) is 51.7 Å². The lowest BCUT2D eigenvalue weighted by molar-refractivity contribution is 0.0227. The molecule has 1 atom stereocenters. The van der Waals surface area contributed by atoms with Gasteiger partial charge in [0, 0.05) is 17.5 Å². The number of fused-ring (bicyclic) bond motifs is 1. The quantitative estimate of drug-likeness (QED) is 0.877. The van der Waals surface area contributed by atoms with Crippen LogP contribution in [0.3, 0.4) is 0 Å². The van der Waals surface area contributed by atoms with Crippen LogP contribution in [-0.2, 0) is 0 Å². The molecule has 0 bridgehead atoms. The highest BCUT2D eigenvalue weighted by molar-refractivity contribution is 5.94. The fourth-order valence-electron chi connectivity index (χ4n) is 3.38. The Morgan fingerprint density at radius 3 is 2.46 bits per heavy atom. The maximum absolute atomic E-state index is 12.7. The van der Waals surface area contributed by atoms with Gasteiger partial charge in [-0.15, -0.1) is 0 Å². The fraction of sp³-hybridized carbons (Fsp3) is 0.381. The third kappa shape index (κ3) is 3.16. The first-order chi connectivity index (χ1) is 11.6. The van der Waals surface area contributed by atoms with E-state index in [0.717, 1.165) is 36.1 Å². The Hall–Kier alpha value is -2.29. The minimum absolute atomic E-state index is 0.0244. The molecule has 1 N–H and O–H groups in total. The third-order valence-corrected chi connectivity index (χ3v) is 5.10. The summed E-state index contributed by atoms with van der Waals surface area (Å²) >= 11 is 0. The number of carbonyl (C=O) groups is 1. The first-order valence-electron chi connectivity index (χ1n) is 8.72. The number of ether oxygens (including phenoxy) is 1. The molecular weight excluding hydrogens is 298 g/mol. The average molecular weight is 323 g/mol. The summed E-state index contributed by atoms with van der Waals surface area (Å²) in [6, 6.07) is 15.7. The van der Waals surface area contributed by atoms with Crippen molar-refractivity contribution in [3.8, 4) is 5.75 Å². The highest BCUT2D eigenvalue weighted by Crippen LogP contribution is 2.42. The summed E-state index contributed by atoms with van der Waals surface area (Å²) in [7, 11) is 0. The summed E-state index contributed by atoms with van der Waals surface area (Å²) in [4.78, 5) is 12.7. The molecule has 126 valence electrons. The summed E-state index contributed by atoms with van der Waals surface area (Å²) in [6.45, 7) is 6.32. The number of benzene rings is 2. The lowest BCUT2D eigenvalue weighted by Crippen LogP contribution is -2.44. The summed E-state index contributed by atoms with van der Waals surface area (Å²) in [5, 5.41) is 3.22. The molecular formula is C21H25NO2. The number of rotatable bonds is 4. The SMILES string of the molecule is CCC1(CC)CC(NC(=O)c2ccc(C)cc2)c2ccccc2O1. The normalized spacial score (nSPS) is 18.4. The topological polar surface area (TPSA) is 38.3 Å². The number of para-hydroxylation sites is 1. The van der Waals surface area contributed by atoms with Gasteiger partial charge in [0.15, 0.2) is 0 Å². The van der Waals surface area contributed by atoms with E-state index in [1.807, 2.05) is 55.5 Å². The van der Waals surface area contributed by atoms with Crippen molar-refractivity contribution in [3.63, 3.8) is 0 Å². The maximum atomic E-state index is 12.7. The van der Waals surface area contributed by atoms with E-state index in [4.69, 9.17) is 4.74 Å². The van der Waals surface area contributed by atoms with Crippen LogP contribution in [0.4, 0.5) is 0 Å². The second kappa shape index (κ2) is 6.68. The molecule has 2 aromatic carbocycles. The first kappa shape index (κ1) is 16.6. The molecule has 0 fully saturated rings. The van der Waals surface area contributed by atoms with E-state index in [-0.39, 0.29) is 17.6 Å². The number of hydrogen-bond acceptors (Lipinski definition) is 2. The van der Waals surface area contributed by atoms with Crippen molar-refractivity contribution in [1.29, 1.82) is 0 Å². The molecule has 0 saturated carbocycles. The Morgan fingerprint density at radius 1 is 1.12 bits per heavy atom. The Balaban J connectivity index is 1.88. The zero-order valence-electron chi connectivity index (χ0n) is 14.6. The molecule has 1 unspecified atom stereocenters. The number of amides is 1. The molecule has 1 heterocycles. The minimum atomic E-state index is -0.209. The Labute approximate surface area is 144 Å². The standard InChI is InChI=1S/C21H25NO2/c1-4-21(5-2)14-18(17-8-6-7-9-19(17)24-21)22-20(23)16-12-10-15(3)11-13-16/h6-13,18H,4-5,14H2,1-3H3,(H,22,23). The zero-order valence-corrected chi connectivity index (χ0v) is 14.6. The average Bonchev–Trinajstić information content (AvgIpc) is 2.62. The van der Waals surface area contributed by atoms with Gasteiger partial charge in [-0.05, 0) is 38.0 Å². The van der Waals surface area contributed by atoms with Gasteiger partial charge in [0.2, 0.25) is 0 Å². The smallest absolute Gasteiger partial charge is 0.251 e. The maximum Gasteiger partial charge on any atom is 0.251 e. The van der Waals surface area contributed by atoms with Crippen LogP contribution >= 0.6 is 0 Å². The van der Waals surface area contributed by atoms with Crippen LogP contribution in [0.25, 0.3) is 0 Å². The van der Waals surface area contributed by atoms with Gasteiger partial charge in [-0.1, -0.05) is 49.7 Å². The van der Waals surface area contributed by atoms with Gasteiger partial charge < -0.3 is 10.1 Å². The first-order valence-corrected chi connectivity index (χ1v) is 8.72. The van der Waals surface area contributed by atoms with Gasteiger partial charge in [-0.3, -0.25) is 4.79 Å². The van der Waals surface area contributed by atoms with Crippen molar-refractivity contribution in [1.82, 2.24) is 5.32 Å². The summed E-state index contributed by atoms with van der Waals surface area (Å²) < 4.78 is 6.30. The van der Waals surface area contributed by atoms with Crippen molar-refractivity contribution in [3.05, 3.63) is 65.2 Å². The van der Waals surface area contributed by atoms with Crippen LogP contribution in [0.1, 0.15) is 60.6 Å². The van der Waals surface area contributed by atoms with Gasteiger partial charge in [-0.2, -0.15) is 0 Å². The minimum Gasteiger partial charge on any atom is -0.487 e. The molecule has 1 amide bonds. The van der Waals surface area contributed by atoms with Crippen molar-refractivity contribution in [2.75, 3.05) is 0 Å². The van der Waals surface area contributed by atoms with Gasteiger partial charge in [0.25, 0.3) is 5.91 Å². The van der Waals surface area contributed by atoms with Crippen molar-refractivity contribution in [2.24, 2.45) is 0 Å². The lowest BCUT2D eigenvalue weighted by atomic mass is 9.83. The fourth-order valence-corrected chi connectivity index (χ4v) is 3.38. The Morgan fingerprint density at radius 2 is 1.79 bits per heavy atom. The van der Waals surface area contributed by atoms with E-state index >= 15 is 0 Å². The summed E-state index contributed by atoms with van der Waals surface area (Å²) in [6.07, 6.45) is 2.65. The molecule has 0 aromatic heterocycles. The molecule has 3 rings (SSSR count). The highest BCUT2D eigenvalue weighted by Gasteiger charge is 2.38. The van der Waals surface area contributed by atoms with Gasteiger partial charge in [-0.25, -0.2) is 0 Å². The van der Waals surface area contributed by atoms with E-state index in [1.54, 1.807) is 0 Å². The van der Waals surface area contributed by atoms with Crippen LogP contribution in [0.2, 0.25) is 0 Å². The monoisotopic (exact) mass is 323 g/mol. The lowest BCUT2D eigenvalue weighted by Gasteiger charge is -2.41. The van der Waals surface area contributed by atoms with Gasteiger partial charge in [0.1, 0.15) is 11.4 Å². The Bertz CT molecular complexity index is 717. The van der Waals surface area contributed by atoms with Crippen LogP contribution in [0.5, 0.6) is 5.75 Å². The predicted molar refractivity (Wildman–Crippen MR) is 96.4 cm³/mol. The van der Waals surface area contributed by atoms with E-state index in [9.17, 15) is 4.79 Å². The van der Waals surface area contributed by atoms with Gasteiger partial charge in [0.05, 0.1) is 6.04 Å². The van der Waals surface area contributed by atoms with E-state index < -0.39 is 0 Å². The molecule has 0 radical (unpaired) electrons. The third-order valence-electron chi connectivity index (χ3n) is 5.10. The highest BCUT2D eigenvalue weighted by atomic mass is 16.5. The van der Waals surface area contributed by atoms with Crippen LogP contribution < -0.4 is 10.1 Å². The van der Waals surface area contributed by atoms with Crippen LogP contribution in [0.15, 0.2) is 48.5 Å². The molecule has 24 heavy (non-hydrogen) atoms. The Kier molecular flexibility index (Phi) is 4.61. The summed E-state index contributed by atoms with van der Waals surface area (Å²) in [5.41, 5.74) is 2.71. The number of aryl methyl sites for hydroxylation is 1. The second-order valence-electron chi connectivity index (χ2n) is 6.63. The predicted octanol–water partition coefficient (Wildman–Crippen LogP) is 4.81. The van der Waals surface area contributed by atoms with Crippen LogP contribution in [-0.4, -0.2) is 11.5 Å². The van der Waals surface area contributed by atoms with Crippen molar-refractivity contribution >= 4 is 5.91 Å². The molecule has 1 aliphatic rings. The molecule has 0 saturated heterocycles. The molecule has 0 aliphatic carbocycles. The second-order valence-corrected chi connectivity index (χ2v) is 6.63. The number of nitrogens with one attached hydrogen (secondary N) is 1. The van der Waals surface area contributed by atoms with E-state index in [1.165, 1.54) is 0 Å². The molecule has 3 nitrogen and oxygen atoms in total.